The van der Waals surface area contributed by atoms with Gasteiger partial charge in [-0.15, -0.1) is 0 Å². The number of pyridine rings is 1. The molecule has 2 aromatic heterocycles. The van der Waals surface area contributed by atoms with E-state index in [0.29, 0.717) is 40.3 Å². The Morgan fingerprint density at radius 3 is 2.06 bits per heavy atom. The molecule has 0 aliphatic heterocycles. The van der Waals surface area contributed by atoms with Gasteiger partial charge in [0.05, 0.1) is 14.2 Å². The van der Waals surface area contributed by atoms with Crippen LogP contribution >= 0.6 is 0 Å². The van der Waals surface area contributed by atoms with Crippen molar-refractivity contribution in [3.63, 3.8) is 0 Å². The van der Waals surface area contributed by atoms with Crippen molar-refractivity contribution in [1.82, 2.24) is 15.0 Å². The second-order valence-electron chi connectivity index (χ2n) is 6.98. The molecular weight excluding hydrogens is 434 g/mol. The molecule has 2 aromatic carbocycles. The fourth-order valence-corrected chi connectivity index (χ4v) is 3.05. The number of nitrogens with zero attached hydrogens (tertiary/aromatic N) is 3. The van der Waals surface area contributed by atoms with Gasteiger partial charge in [-0.2, -0.15) is 0 Å². The largest absolute Gasteiger partial charge is 0.493 e. The fraction of sp³-hybridized carbons (Fsp3) is 0.0833. The van der Waals surface area contributed by atoms with Crippen molar-refractivity contribution < 1.29 is 14.3 Å². The van der Waals surface area contributed by atoms with Crippen molar-refractivity contribution in [1.29, 1.82) is 0 Å². The molecule has 0 bridgehead atoms. The highest BCUT2D eigenvalue weighted by Gasteiger charge is 2.08. The Morgan fingerprint density at radius 1 is 0.676 bits per heavy atom. The van der Waals surface area contributed by atoms with Crippen molar-refractivity contribution in [3.8, 4) is 11.5 Å². The van der Waals surface area contributed by atoms with E-state index in [4.69, 9.17) is 9.47 Å². The summed E-state index contributed by atoms with van der Waals surface area (Å²) in [6.07, 6.45) is 3.16. The summed E-state index contributed by atoms with van der Waals surface area (Å²) >= 11 is 0. The van der Waals surface area contributed by atoms with Gasteiger partial charge in [-0.1, -0.05) is 6.07 Å². The molecule has 0 saturated carbocycles. The van der Waals surface area contributed by atoms with Crippen molar-refractivity contribution in [2.24, 2.45) is 0 Å². The molecule has 172 valence electrons. The number of methoxy groups -OCH3 is 2. The fourth-order valence-electron chi connectivity index (χ4n) is 3.05. The van der Waals surface area contributed by atoms with Crippen LogP contribution in [-0.2, 0) is 0 Å². The molecule has 10 nitrogen and oxygen atoms in total. The summed E-state index contributed by atoms with van der Waals surface area (Å²) in [5.74, 6) is 3.02. The minimum atomic E-state index is -0.381. The van der Waals surface area contributed by atoms with Gasteiger partial charge in [0, 0.05) is 35.4 Å². The summed E-state index contributed by atoms with van der Waals surface area (Å²) in [7, 11) is 3.09. The maximum atomic E-state index is 12.4. The SMILES string of the molecule is COc1ccc(NC(=O)Nc2ccc(Nc3cc(Nc4ccccn4)ncn3)cc2)cc1OC. The topological polar surface area (TPSA) is 122 Å². The van der Waals surface area contributed by atoms with E-state index in [2.05, 4.69) is 36.2 Å². The maximum Gasteiger partial charge on any atom is 0.323 e. The number of carbonyl (C=O) groups excluding carboxylic acids is 1. The van der Waals surface area contributed by atoms with Gasteiger partial charge in [-0.05, 0) is 48.5 Å². The third-order valence-electron chi connectivity index (χ3n) is 4.64. The Labute approximate surface area is 196 Å². The lowest BCUT2D eigenvalue weighted by Crippen LogP contribution is -2.19. The van der Waals surface area contributed by atoms with Crippen LogP contribution in [0.15, 0.2) is 79.3 Å². The number of benzene rings is 2. The molecule has 0 atom stereocenters. The standard InChI is InChI=1S/C24H23N7O3/c1-33-19-11-10-18(13-20(19)34-2)30-24(32)29-17-8-6-16(7-9-17)28-22-14-23(27-15-26-22)31-21-5-3-4-12-25-21/h3-15H,1-2H3,(H2,29,30,32)(H2,25,26,27,28,31). The molecule has 34 heavy (non-hydrogen) atoms. The first-order valence-corrected chi connectivity index (χ1v) is 10.3. The van der Waals surface area contributed by atoms with Crippen molar-refractivity contribution >= 4 is 40.5 Å². The minimum Gasteiger partial charge on any atom is -0.493 e. The number of anilines is 6. The quantitative estimate of drug-likeness (QED) is 0.291. The highest BCUT2D eigenvalue weighted by molar-refractivity contribution is 6.00. The third kappa shape index (κ3) is 5.88. The zero-order valence-electron chi connectivity index (χ0n) is 18.6. The molecule has 2 amide bonds. The number of ether oxygens (including phenoxy) is 2. The number of urea groups is 1. The Morgan fingerprint density at radius 2 is 1.35 bits per heavy atom. The highest BCUT2D eigenvalue weighted by Crippen LogP contribution is 2.29. The smallest absolute Gasteiger partial charge is 0.323 e. The van der Waals surface area contributed by atoms with E-state index in [9.17, 15) is 4.79 Å². The van der Waals surface area contributed by atoms with Crippen LogP contribution in [0.25, 0.3) is 0 Å². The summed E-state index contributed by atoms with van der Waals surface area (Å²) in [5.41, 5.74) is 2.00. The first-order valence-electron chi connectivity index (χ1n) is 10.3. The molecule has 0 aliphatic carbocycles. The van der Waals surface area contributed by atoms with E-state index < -0.39 is 0 Å². The van der Waals surface area contributed by atoms with Crippen LogP contribution in [0.1, 0.15) is 0 Å². The molecule has 0 aliphatic rings. The highest BCUT2D eigenvalue weighted by atomic mass is 16.5. The van der Waals surface area contributed by atoms with Crippen LogP contribution in [0.5, 0.6) is 11.5 Å². The molecule has 10 heteroatoms. The Balaban J connectivity index is 1.34. The number of nitrogens with one attached hydrogen (secondary N) is 4. The Kier molecular flexibility index (Phi) is 6.99. The zero-order chi connectivity index (χ0) is 23.8. The van der Waals surface area contributed by atoms with Gasteiger partial charge in [0.2, 0.25) is 0 Å². The van der Waals surface area contributed by atoms with Gasteiger partial charge in [0.1, 0.15) is 23.8 Å². The summed E-state index contributed by atoms with van der Waals surface area (Å²) in [6.45, 7) is 0. The number of hydrogen-bond acceptors (Lipinski definition) is 8. The van der Waals surface area contributed by atoms with Crippen molar-refractivity contribution in [2.45, 2.75) is 0 Å². The monoisotopic (exact) mass is 457 g/mol. The van der Waals surface area contributed by atoms with Gasteiger partial charge >= 0.3 is 6.03 Å². The van der Waals surface area contributed by atoms with Crippen LogP contribution in [-0.4, -0.2) is 35.2 Å². The van der Waals surface area contributed by atoms with E-state index in [1.807, 2.05) is 30.3 Å². The Bertz CT molecular complexity index is 1250. The van der Waals surface area contributed by atoms with Gasteiger partial charge in [-0.25, -0.2) is 19.7 Å². The number of hydrogen-bond donors (Lipinski definition) is 4. The number of rotatable bonds is 8. The second kappa shape index (κ2) is 10.6. The van der Waals surface area contributed by atoms with Crippen LogP contribution in [0.4, 0.5) is 39.3 Å². The van der Waals surface area contributed by atoms with Crippen molar-refractivity contribution in [2.75, 3.05) is 35.5 Å². The molecule has 4 N–H and O–H groups in total. The zero-order valence-corrected chi connectivity index (χ0v) is 18.6. The predicted molar refractivity (Wildman–Crippen MR) is 131 cm³/mol. The van der Waals surface area contributed by atoms with Crippen LogP contribution in [0, 0.1) is 0 Å². The lowest BCUT2D eigenvalue weighted by Gasteiger charge is -2.12. The molecule has 0 spiro atoms. The van der Waals surface area contributed by atoms with E-state index in [0.717, 1.165) is 5.69 Å². The van der Waals surface area contributed by atoms with Crippen LogP contribution in [0.3, 0.4) is 0 Å². The van der Waals surface area contributed by atoms with Crippen LogP contribution in [0.2, 0.25) is 0 Å². The van der Waals surface area contributed by atoms with E-state index in [-0.39, 0.29) is 6.03 Å². The van der Waals surface area contributed by atoms with Gasteiger partial charge in [-0.3, -0.25) is 0 Å². The van der Waals surface area contributed by atoms with E-state index in [1.54, 1.807) is 49.7 Å². The first-order chi connectivity index (χ1) is 16.6. The third-order valence-corrected chi connectivity index (χ3v) is 4.64. The molecule has 0 saturated heterocycles. The summed E-state index contributed by atoms with van der Waals surface area (Å²) in [6, 6.07) is 19.3. The average molecular weight is 457 g/mol. The first kappa shape index (κ1) is 22.3. The van der Waals surface area contributed by atoms with Gasteiger partial charge in [0.25, 0.3) is 0 Å². The summed E-state index contributed by atoms with van der Waals surface area (Å²) < 4.78 is 10.5. The van der Waals surface area contributed by atoms with Gasteiger partial charge < -0.3 is 30.7 Å². The average Bonchev–Trinajstić information content (AvgIpc) is 2.86. The Hall–Kier alpha value is -4.86. The molecule has 2 heterocycles. The second-order valence-corrected chi connectivity index (χ2v) is 6.98. The molecular formula is C24H23N7O3. The van der Waals surface area contributed by atoms with E-state index >= 15 is 0 Å². The number of aromatic nitrogens is 3. The van der Waals surface area contributed by atoms with Gasteiger partial charge in [0.15, 0.2) is 11.5 Å². The summed E-state index contributed by atoms with van der Waals surface area (Å²) in [4.78, 5) is 25.0. The number of amides is 2. The van der Waals surface area contributed by atoms with Crippen molar-refractivity contribution in [3.05, 3.63) is 79.3 Å². The lowest BCUT2D eigenvalue weighted by molar-refractivity contribution is 0.262. The number of carbonyl (C=O) groups is 1. The molecule has 0 unspecified atom stereocenters. The molecule has 0 radical (unpaired) electrons. The predicted octanol–water partition coefficient (Wildman–Crippen LogP) is 5.02. The molecule has 4 aromatic rings. The maximum absolute atomic E-state index is 12.4. The van der Waals surface area contributed by atoms with Crippen LogP contribution < -0.4 is 30.7 Å². The normalized spacial score (nSPS) is 10.2. The van der Waals surface area contributed by atoms with E-state index in [1.165, 1.54) is 13.4 Å². The minimum absolute atomic E-state index is 0.381. The molecule has 0 fully saturated rings. The summed E-state index contributed by atoms with van der Waals surface area (Å²) in [5, 5.41) is 11.9. The molecule has 4 rings (SSSR count). The lowest BCUT2D eigenvalue weighted by atomic mass is 10.2.